The van der Waals surface area contributed by atoms with Crippen LogP contribution in [0.2, 0.25) is 0 Å². The molecule has 2 aromatic heterocycles. The summed E-state index contributed by atoms with van der Waals surface area (Å²) in [5, 5.41) is 24.8. The molecule has 1 saturated carbocycles. The predicted molar refractivity (Wildman–Crippen MR) is 75.9 cm³/mol. The fourth-order valence-electron chi connectivity index (χ4n) is 1.54. The summed E-state index contributed by atoms with van der Waals surface area (Å²) in [7, 11) is 0. The second-order valence-corrected chi connectivity index (χ2v) is 6.20. The normalized spacial score (nSPS) is 15.3. The highest BCUT2D eigenvalue weighted by molar-refractivity contribution is 7.15. The third-order valence-electron chi connectivity index (χ3n) is 2.68. The van der Waals surface area contributed by atoms with Gasteiger partial charge in [0.25, 0.3) is 0 Å². The van der Waals surface area contributed by atoms with Crippen LogP contribution in [0, 0.1) is 18.3 Å². The maximum absolute atomic E-state index is 9.15. The number of nitrogens with one attached hydrogen (secondary N) is 1. The number of anilines is 1. The van der Waals surface area contributed by atoms with E-state index in [9.17, 15) is 0 Å². The van der Waals surface area contributed by atoms with Crippen molar-refractivity contribution < 1.29 is 0 Å². The lowest BCUT2D eigenvalue weighted by molar-refractivity contribution is 0.977. The summed E-state index contributed by atoms with van der Waals surface area (Å²) < 4.78 is 0. The molecule has 0 atom stereocenters. The van der Waals surface area contributed by atoms with Crippen LogP contribution in [0.3, 0.4) is 0 Å². The molecule has 0 bridgehead atoms. The summed E-state index contributed by atoms with van der Waals surface area (Å²) in [5.74, 6) is 0.606. The highest BCUT2D eigenvalue weighted by Crippen LogP contribution is 2.42. The van der Waals surface area contributed by atoms with Crippen molar-refractivity contribution in [3.63, 3.8) is 0 Å². The van der Waals surface area contributed by atoms with Gasteiger partial charge in [0, 0.05) is 23.2 Å². The van der Waals surface area contributed by atoms with Crippen molar-refractivity contribution in [3.05, 3.63) is 27.3 Å². The van der Waals surface area contributed by atoms with Crippen LogP contribution in [0.1, 0.15) is 34.5 Å². The van der Waals surface area contributed by atoms with E-state index in [0.717, 1.165) is 20.8 Å². The SMILES string of the molecule is Cc1csc(/C(C#N)=C/Nc2nnc(C3CC3)s2)n1. The summed E-state index contributed by atoms with van der Waals surface area (Å²) in [6, 6.07) is 2.15. The van der Waals surface area contributed by atoms with Gasteiger partial charge in [-0.25, -0.2) is 4.98 Å². The first kappa shape index (κ1) is 12.3. The van der Waals surface area contributed by atoms with E-state index in [1.165, 1.54) is 24.2 Å². The van der Waals surface area contributed by atoms with Gasteiger partial charge in [0.1, 0.15) is 21.7 Å². The van der Waals surface area contributed by atoms with Crippen molar-refractivity contribution in [2.75, 3.05) is 5.32 Å². The Bertz CT molecular complexity index is 660. The number of hydrogen-bond donors (Lipinski definition) is 1. The van der Waals surface area contributed by atoms with E-state index >= 15 is 0 Å². The lowest BCUT2D eigenvalue weighted by atomic mass is 10.3. The lowest BCUT2D eigenvalue weighted by Crippen LogP contribution is -1.90. The van der Waals surface area contributed by atoms with Crippen molar-refractivity contribution in [1.29, 1.82) is 5.26 Å². The minimum Gasteiger partial charge on any atom is -0.335 e. The van der Waals surface area contributed by atoms with E-state index in [0.29, 0.717) is 11.5 Å². The molecule has 96 valence electrons. The molecule has 0 aromatic carbocycles. The van der Waals surface area contributed by atoms with Crippen LogP contribution in [0.4, 0.5) is 5.13 Å². The second-order valence-electron chi connectivity index (χ2n) is 4.33. The largest absolute Gasteiger partial charge is 0.335 e. The Morgan fingerprint density at radius 3 is 3.00 bits per heavy atom. The van der Waals surface area contributed by atoms with Crippen molar-refractivity contribution in [2.24, 2.45) is 0 Å². The highest BCUT2D eigenvalue weighted by Gasteiger charge is 2.27. The van der Waals surface area contributed by atoms with Gasteiger partial charge in [-0.3, -0.25) is 0 Å². The third-order valence-corrected chi connectivity index (χ3v) is 4.69. The summed E-state index contributed by atoms with van der Waals surface area (Å²) in [5.41, 5.74) is 1.44. The minimum absolute atomic E-state index is 0.515. The molecular formula is C12H11N5S2. The molecule has 0 amide bonds. The van der Waals surface area contributed by atoms with E-state index < -0.39 is 0 Å². The first-order chi connectivity index (χ1) is 9.26. The number of rotatable bonds is 4. The second kappa shape index (κ2) is 5.07. The smallest absolute Gasteiger partial charge is 0.209 e. The Labute approximate surface area is 118 Å². The van der Waals surface area contributed by atoms with E-state index in [2.05, 4.69) is 26.6 Å². The molecule has 0 unspecified atom stereocenters. The number of allylic oxidation sites excluding steroid dienone is 1. The maximum Gasteiger partial charge on any atom is 0.209 e. The Hall–Kier alpha value is -1.78. The Morgan fingerprint density at radius 2 is 2.37 bits per heavy atom. The average Bonchev–Trinajstić information content (AvgIpc) is 3.00. The lowest BCUT2D eigenvalue weighted by Gasteiger charge is -1.94. The number of hydrogen-bond acceptors (Lipinski definition) is 7. The van der Waals surface area contributed by atoms with Gasteiger partial charge in [0.05, 0.1) is 0 Å². The summed E-state index contributed by atoms with van der Waals surface area (Å²) in [4.78, 5) is 4.29. The van der Waals surface area contributed by atoms with Gasteiger partial charge in [-0.2, -0.15) is 5.26 Å². The van der Waals surface area contributed by atoms with Crippen molar-refractivity contribution in [2.45, 2.75) is 25.7 Å². The number of thiazole rings is 1. The molecule has 7 heteroatoms. The van der Waals surface area contributed by atoms with Crippen LogP contribution >= 0.6 is 22.7 Å². The fraction of sp³-hybridized carbons (Fsp3) is 0.333. The van der Waals surface area contributed by atoms with Crippen molar-refractivity contribution in [3.8, 4) is 6.07 Å². The third kappa shape index (κ3) is 2.80. The monoisotopic (exact) mass is 289 g/mol. The van der Waals surface area contributed by atoms with Gasteiger partial charge >= 0.3 is 0 Å². The summed E-state index contributed by atoms with van der Waals surface area (Å²) in [6.45, 7) is 1.91. The molecule has 2 aromatic rings. The molecule has 19 heavy (non-hydrogen) atoms. The van der Waals surface area contributed by atoms with Crippen molar-refractivity contribution >= 4 is 33.4 Å². The van der Waals surface area contributed by atoms with Crippen molar-refractivity contribution in [1.82, 2.24) is 15.2 Å². The molecule has 0 aliphatic heterocycles. The highest BCUT2D eigenvalue weighted by atomic mass is 32.1. The van der Waals surface area contributed by atoms with E-state index in [1.807, 2.05) is 12.3 Å². The zero-order valence-corrected chi connectivity index (χ0v) is 11.9. The zero-order valence-electron chi connectivity index (χ0n) is 10.3. The fourth-order valence-corrected chi connectivity index (χ4v) is 3.19. The maximum atomic E-state index is 9.15. The number of aromatic nitrogens is 3. The number of nitrogens with zero attached hydrogens (tertiary/aromatic N) is 4. The van der Waals surface area contributed by atoms with Gasteiger partial charge in [-0.1, -0.05) is 11.3 Å². The van der Waals surface area contributed by atoms with Gasteiger partial charge in [-0.15, -0.1) is 21.5 Å². The minimum atomic E-state index is 0.515. The summed E-state index contributed by atoms with van der Waals surface area (Å²) >= 11 is 3.01. The number of nitriles is 1. The molecule has 3 rings (SSSR count). The van der Waals surface area contributed by atoms with Crippen LogP contribution in [0.15, 0.2) is 11.6 Å². The molecule has 0 saturated heterocycles. The van der Waals surface area contributed by atoms with Gasteiger partial charge in [0.15, 0.2) is 0 Å². The Morgan fingerprint density at radius 1 is 1.53 bits per heavy atom. The molecule has 0 spiro atoms. The van der Waals surface area contributed by atoms with Crippen LogP contribution in [-0.4, -0.2) is 15.2 Å². The van der Waals surface area contributed by atoms with Crippen LogP contribution in [0.5, 0.6) is 0 Å². The molecule has 5 nitrogen and oxygen atoms in total. The molecule has 0 radical (unpaired) electrons. The van der Waals surface area contributed by atoms with Crippen LogP contribution < -0.4 is 5.32 Å². The van der Waals surface area contributed by atoms with Gasteiger partial charge in [0.2, 0.25) is 5.13 Å². The molecule has 1 aliphatic rings. The molecule has 2 heterocycles. The first-order valence-electron chi connectivity index (χ1n) is 5.89. The van der Waals surface area contributed by atoms with E-state index in [-0.39, 0.29) is 0 Å². The standard InChI is InChI=1S/C12H11N5S2/c1-7-6-18-10(15-7)9(4-13)5-14-12-17-16-11(19-12)8-2-3-8/h5-6,8H,2-3H2,1H3,(H,14,17)/b9-5+. The first-order valence-corrected chi connectivity index (χ1v) is 7.58. The molecular weight excluding hydrogens is 278 g/mol. The van der Waals surface area contributed by atoms with Gasteiger partial charge in [-0.05, 0) is 19.8 Å². The quantitative estimate of drug-likeness (QED) is 0.875. The van der Waals surface area contributed by atoms with E-state index in [4.69, 9.17) is 5.26 Å². The Balaban J connectivity index is 1.74. The van der Waals surface area contributed by atoms with Crippen LogP contribution in [-0.2, 0) is 0 Å². The molecule has 1 N–H and O–H groups in total. The molecule has 1 aliphatic carbocycles. The average molecular weight is 289 g/mol. The number of aryl methyl sites for hydroxylation is 1. The van der Waals surface area contributed by atoms with Gasteiger partial charge < -0.3 is 5.32 Å². The predicted octanol–water partition coefficient (Wildman–Crippen LogP) is 3.16. The summed E-state index contributed by atoms with van der Waals surface area (Å²) in [6.07, 6.45) is 4.08. The van der Waals surface area contributed by atoms with E-state index in [1.54, 1.807) is 17.5 Å². The molecule has 1 fully saturated rings. The zero-order chi connectivity index (χ0) is 13.2. The topological polar surface area (TPSA) is 74.5 Å². The Kier molecular flexibility index (Phi) is 3.27. The van der Waals surface area contributed by atoms with Crippen LogP contribution in [0.25, 0.3) is 5.57 Å².